The fourth-order valence-corrected chi connectivity index (χ4v) is 1.75. The molecule has 0 aliphatic carbocycles. The van der Waals surface area contributed by atoms with Gasteiger partial charge in [-0.15, -0.1) is 0 Å². The highest BCUT2D eigenvalue weighted by Gasteiger charge is 2.20. The topological polar surface area (TPSA) is 77.2 Å². The zero-order valence-electron chi connectivity index (χ0n) is 10.0. The number of benzene rings is 1. The number of hydrogen-bond acceptors (Lipinski definition) is 5. The Labute approximate surface area is 107 Å². The summed E-state index contributed by atoms with van der Waals surface area (Å²) in [6.07, 6.45) is 1.10. The number of ether oxygens (including phenoxy) is 1. The summed E-state index contributed by atoms with van der Waals surface area (Å²) in [7, 11) is 0. The van der Waals surface area contributed by atoms with Crippen molar-refractivity contribution in [2.24, 2.45) is 5.84 Å². The summed E-state index contributed by atoms with van der Waals surface area (Å²) >= 11 is 0. The van der Waals surface area contributed by atoms with E-state index in [0.29, 0.717) is 0 Å². The predicted molar refractivity (Wildman–Crippen MR) is 65.4 cm³/mol. The van der Waals surface area contributed by atoms with Gasteiger partial charge in [0.05, 0.1) is 17.7 Å². The minimum absolute atomic E-state index is 0.0543. The van der Waals surface area contributed by atoms with Gasteiger partial charge in [0, 0.05) is 6.20 Å². The number of pyridine rings is 1. The molecule has 0 fully saturated rings. The number of carbonyl (C=O) groups is 1. The standard InChI is InChI=1S/C12H11F2N3O2/c1-2-19-12(18)6-5-16-11-8(14)4-3-7(13)9(11)10(6)17-15/h3-5H,2,15H2,1H3,(H,16,17). The monoisotopic (exact) mass is 267 g/mol. The zero-order valence-corrected chi connectivity index (χ0v) is 10.0. The van der Waals surface area contributed by atoms with E-state index in [4.69, 9.17) is 10.6 Å². The highest BCUT2D eigenvalue weighted by molar-refractivity contribution is 6.05. The molecular weight excluding hydrogens is 256 g/mol. The Morgan fingerprint density at radius 1 is 1.42 bits per heavy atom. The Balaban J connectivity index is 2.76. The number of halogens is 2. The molecule has 7 heteroatoms. The van der Waals surface area contributed by atoms with Crippen LogP contribution in [0.4, 0.5) is 14.5 Å². The van der Waals surface area contributed by atoms with Crippen LogP contribution >= 0.6 is 0 Å². The van der Waals surface area contributed by atoms with E-state index in [1.165, 1.54) is 0 Å². The van der Waals surface area contributed by atoms with Gasteiger partial charge < -0.3 is 10.2 Å². The maximum atomic E-state index is 13.8. The van der Waals surface area contributed by atoms with Gasteiger partial charge >= 0.3 is 5.97 Å². The fraction of sp³-hybridized carbons (Fsp3) is 0.167. The van der Waals surface area contributed by atoms with Gasteiger partial charge in [0.25, 0.3) is 0 Å². The molecule has 1 aromatic heterocycles. The molecule has 2 aromatic rings. The lowest BCUT2D eigenvalue weighted by Gasteiger charge is -2.11. The van der Waals surface area contributed by atoms with Crippen molar-refractivity contribution in [3.8, 4) is 0 Å². The Morgan fingerprint density at radius 3 is 2.74 bits per heavy atom. The minimum Gasteiger partial charge on any atom is -0.462 e. The second-order valence-corrected chi connectivity index (χ2v) is 3.66. The van der Waals surface area contributed by atoms with Crippen molar-refractivity contribution in [2.45, 2.75) is 6.92 Å². The number of nitrogens with zero attached hydrogens (tertiary/aromatic N) is 1. The molecule has 0 spiro atoms. The number of carbonyl (C=O) groups excluding carboxylic acids is 1. The molecule has 2 rings (SSSR count). The molecule has 5 nitrogen and oxygen atoms in total. The van der Waals surface area contributed by atoms with Gasteiger partial charge in [0.15, 0.2) is 0 Å². The molecule has 0 saturated carbocycles. The summed E-state index contributed by atoms with van der Waals surface area (Å²) in [5.74, 6) is 3.14. The summed E-state index contributed by atoms with van der Waals surface area (Å²) in [6.45, 7) is 1.77. The van der Waals surface area contributed by atoms with E-state index >= 15 is 0 Å². The first-order chi connectivity index (χ1) is 9.10. The number of nitrogens with one attached hydrogen (secondary N) is 1. The van der Waals surface area contributed by atoms with Crippen LogP contribution in [-0.4, -0.2) is 17.6 Å². The van der Waals surface area contributed by atoms with E-state index in [2.05, 4.69) is 10.4 Å². The van der Waals surface area contributed by atoms with Crippen molar-refractivity contribution in [2.75, 3.05) is 12.0 Å². The molecule has 100 valence electrons. The number of esters is 1. The van der Waals surface area contributed by atoms with Gasteiger partial charge in [-0.05, 0) is 19.1 Å². The Kier molecular flexibility index (Phi) is 3.57. The van der Waals surface area contributed by atoms with Crippen molar-refractivity contribution in [3.63, 3.8) is 0 Å². The summed E-state index contributed by atoms with van der Waals surface area (Å²) in [4.78, 5) is 15.4. The summed E-state index contributed by atoms with van der Waals surface area (Å²) < 4.78 is 32.1. The van der Waals surface area contributed by atoms with Crippen molar-refractivity contribution in [1.29, 1.82) is 0 Å². The predicted octanol–water partition coefficient (Wildman–Crippen LogP) is 1.98. The normalized spacial score (nSPS) is 10.5. The molecule has 0 amide bonds. The second kappa shape index (κ2) is 5.15. The molecule has 0 saturated heterocycles. The van der Waals surface area contributed by atoms with E-state index in [1.54, 1.807) is 6.92 Å². The number of rotatable bonds is 3. The van der Waals surface area contributed by atoms with Crippen LogP contribution in [0.15, 0.2) is 18.3 Å². The lowest BCUT2D eigenvalue weighted by Crippen LogP contribution is -2.15. The van der Waals surface area contributed by atoms with Crippen molar-refractivity contribution in [1.82, 2.24) is 4.98 Å². The highest BCUT2D eigenvalue weighted by Crippen LogP contribution is 2.29. The number of aromatic nitrogens is 1. The average Bonchev–Trinajstić information content (AvgIpc) is 2.41. The van der Waals surface area contributed by atoms with Gasteiger partial charge in [-0.2, -0.15) is 0 Å². The quantitative estimate of drug-likeness (QED) is 0.505. The third-order valence-corrected chi connectivity index (χ3v) is 2.56. The van der Waals surface area contributed by atoms with Crippen LogP contribution < -0.4 is 11.3 Å². The molecule has 0 atom stereocenters. The highest BCUT2D eigenvalue weighted by atomic mass is 19.1. The van der Waals surface area contributed by atoms with Crippen LogP contribution in [0.3, 0.4) is 0 Å². The summed E-state index contributed by atoms with van der Waals surface area (Å²) in [6, 6.07) is 1.89. The molecular formula is C12H11F2N3O2. The van der Waals surface area contributed by atoms with Crippen molar-refractivity contribution >= 4 is 22.6 Å². The molecule has 1 heterocycles. The van der Waals surface area contributed by atoms with Crippen LogP contribution in [0.1, 0.15) is 17.3 Å². The summed E-state index contributed by atoms with van der Waals surface area (Å²) in [5.41, 5.74) is 1.88. The van der Waals surface area contributed by atoms with Crippen LogP contribution in [0.2, 0.25) is 0 Å². The molecule has 1 aromatic carbocycles. The molecule has 19 heavy (non-hydrogen) atoms. The van der Waals surface area contributed by atoms with Crippen LogP contribution in [0.5, 0.6) is 0 Å². The first-order valence-corrected chi connectivity index (χ1v) is 5.50. The van der Waals surface area contributed by atoms with Crippen LogP contribution in [0.25, 0.3) is 10.9 Å². The summed E-state index contributed by atoms with van der Waals surface area (Å²) in [5, 5.41) is -0.187. The lowest BCUT2D eigenvalue weighted by atomic mass is 10.1. The number of hydrogen-bond donors (Lipinski definition) is 2. The third kappa shape index (κ3) is 2.19. The van der Waals surface area contributed by atoms with Gasteiger partial charge in [-0.25, -0.2) is 13.6 Å². The van der Waals surface area contributed by atoms with Crippen molar-refractivity contribution in [3.05, 3.63) is 35.5 Å². The largest absolute Gasteiger partial charge is 0.462 e. The molecule has 0 aliphatic rings. The Morgan fingerprint density at radius 2 is 2.11 bits per heavy atom. The van der Waals surface area contributed by atoms with Gasteiger partial charge in [0.1, 0.15) is 22.7 Å². The molecule has 3 N–H and O–H groups in total. The minimum atomic E-state index is -0.733. The van der Waals surface area contributed by atoms with Crippen LogP contribution in [-0.2, 0) is 4.74 Å². The maximum Gasteiger partial charge on any atom is 0.341 e. The molecule has 0 bridgehead atoms. The molecule has 0 radical (unpaired) electrons. The smallest absolute Gasteiger partial charge is 0.341 e. The first kappa shape index (κ1) is 13.2. The Hall–Kier alpha value is -2.28. The zero-order chi connectivity index (χ0) is 14.0. The van der Waals surface area contributed by atoms with E-state index < -0.39 is 17.6 Å². The average molecular weight is 267 g/mol. The van der Waals surface area contributed by atoms with E-state index in [9.17, 15) is 13.6 Å². The third-order valence-electron chi connectivity index (χ3n) is 2.56. The Bertz CT molecular complexity index is 646. The van der Waals surface area contributed by atoms with Gasteiger partial charge in [0.2, 0.25) is 0 Å². The van der Waals surface area contributed by atoms with Crippen molar-refractivity contribution < 1.29 is 18.3 Å². The fourth-order valence-electron chi connectivity index (χ4n) is 1.75. The lowest BCUT2D eigenvalue weighted by molar-refractivity contribution is 0.0527. The van der Waals surface area contributed by atoms with Gasteiger partial charge in [-0.3, -0.25) is 10.8 Å². The van der Waals surface area contributed by atoms with Gasteiger partial charge in [-0.1, -0.05) is 0 Å². The SMILES string of the molecule is CCOC(=O)c1cnc2c(F)ccc(F)c2c1NN. The second-order valence-electron chi connectivity index (χ2n) is 3.66. The van der Waals surface area contributed by atoms with Crippen LogP contribution in [0, 0.1) is 11.6 Å². The van der Waals surface area contributed by atoms with E-state index in [0.717, 1.165) is 18.3 Å². The molecule has 0 aliphatic heterocycles. The first-order valence-electron chi connectivity index (χ1n) is 5.50. The number of anilines is 1. The maximum absolute atomic E-state index is 13.8. The van der Waals surface area contributed by atoms with E-state index in [-0.39, 0.29) is 28.8 Å². The van der Waals surface area contributed by atoms with E-state index in [1.807, 2.05) is 0 Å². The molecule has 0 unspecified atom stereocenters. The number of nitrogens with two attached hydrogens (primary N) is 1. The number of nitrogen functional groups attached to an aromatic ring is 1. The number of fused-ring (bicyclic) bond motifs is 1. The number of hydrazine groups is 1.